The van der Waals surface area contributed by atoms with Crippen molar-refractivity contribution >= 4 is 11.9 Å². The van der Waals surface area contributed by atoms with E-state index < -0.39 is 12.0 Å². The van der Waals surface area contributed by atoms with E-state index in [1.165, 1.54) is 0 Å². The highest BCUT2D eigenvalue weighted by atomic mass is 16.4. The van der Waals surface area contributed by atoms with Gasteiger partial charge in [-0.1, -0.05) is 20.8 Å². The number of nitrogens with one attached hydrogen (secondary N) is 1. The fraction of sp³-hybridized carbons (Fsp3) is 0.800. The van der Waals surface area contributed by atoms with E-state index in [4.69, 9.17) is 10.8 Å². The van der Waals surface area contributed by atoms with Crippen LogP contribution < -0.4 is 11.1 Å². The van der Waals surface area contributed by atoms with Gasteiger partial charge in [-0.15, -0.1) is 0 Å². The van der Waals surface area contributed by atoms with Crippen molar-refractivity contribution in [3.8, 4) is 0 Å². The van der Waals surface area contributed by atoms with Crippen molar-refractivity contribution in [2.75, 3.05) is 6.54 Å². The lowest BCUT2D eigenvalue weighted by atomic mass is 9.97. The van der Waals surface area contributed by atoms with E-state index in [-0.39, 0.29) is 24.2 Å². The van der Waals surface area contributed by atoms with Gasteiger partial charge in [0.15, 0.2) is 0 Å². The number of rotatable bonds is 5. The normalized spacial score (nSPS) is 13.3. The van der Waals surface area contributed by atoms with Crippen LogP contribution in [0.1, 0.15) is 33.6 Å². The molecule has 0 aliphatic heterocycles. The van der Waals surface area contributed by atoms with Crippen LogP contribution in [0.25, 0.3) is 0 Å². The molecule has 88 valence electrons. The average Bonchev–Trinajstić information content (AvgIpc) is 2.08. The number of hydrogen-bond donors (Lipinski definition) is 3. The van der Waals surface area contributed by atoms with Gasteiger partial charge in [-0.3, -0.25) is 9.59 Å². The first-order valence-electron chi connectivity index (χ1n) is 4.97. The predicted molar refractivity (Wildman–Crippen MR) is 57.3 cm³/mol. The van der Waals surface area contributed by atoms with E-state index in [9.17, 15) is 9.59 Å². The van der Waals surface area contributed by atoms with Crippen LogP contribution in [0.4, 0.5) is 0 Å². The molecule has 1 atom stereocenters. The average molecular weight is 216 g/mol. The molecular formula is C10H20N2O3. The monoisotopic (exact) mass is 216 g/mol. The van der Waals surface area contributed by atoms with Crippen LogP contribution in [-0.2, 0) is 9.59 Å². The first-order valence-corrected chi connectivity index (χ1v) is 4.97. The van der Waals surface area contributed by atoms with Crippen molar-refractivity contribution in [3.05, 3.63) is 0 Å². The topological polar surface area (TPSA) is 92.4 Å². The molecule has 15 heavy (non-hydrogen) atoms. The van der Waals surface area contributed by atoms with Crippen LogP contribution in [-0.4, -0.2) is 29.6 Å². The second-order valence-electron chi connectivity index (χ2n) is 4.82. The Bertz CT molecular complexity index is 233. The molecule has 0 aromatic carbocycles. The lowest BCUT2D eigenvalue weighted by Gasteiger charge is -2.20. The van der Waals surface area contributed by atoms with E-state index in [1.807, 2.05) is 20.8 Å². The van der Waals surface area contributed by atoms with E-state index in [2.05, 4.69) is 5.32 Å². The quantitative estimate of drug-likeness (QED) is 0.618. The Kier molecular flexibility index (Phi) is 5.28. The Morgan fingerprint density at radius 3 is 2.33 bits per heavy atom. The number of nitrogens with two attached hydrogens (primary N) is 1. The number of aliphatic carboxylic acids is 1. The number of carbonyl (C=O) groups excluding carboxylic acids is 1. The summed E-state index contributed by atoms with van der Waals surface area (Å²) in [7, 11) is 0. The standard InChI is InChI=1S/C10H20N2O3/c1-10(2,3)6-12-9(15)7(11)4-5-8(13)14/h7H,4-6,11H2,1-3H3,(H,12,15)(H,13,14). The van der Waals surface area contributed by atoms with E-state index in [0.29, 0.717) is 6.54 Å². The van der Waals surface area contributed by atoms with Crippen molar-refractivity contribution in [1.29, 1.82) is 0 Å². The fourth-order valence-corrected chi connectivity index (χ4v) is 0.893. The molecule has 0 aliphatic rings. The zero-order chi connectivity index (χ0) is 12.1. The predicted octanol–water partition coefficient (Wildman–Crippen LogP) is 0.341. The molecule has 1 unspecified atom stereocenters. The molecule has 0 aromatic heterocycles. The van der Waals surface area contributed by atoms with Gasteiger partial charge in [-0.05, 0) is 11.8 Å². The first kappa shape index (κ1) is 13.9. The molecular weight excluding hydrogens is 196 g/mol. The minimum atomic E-state index is -0.936. The van der Waals surface area contributed by atoms with Gasteiger partial charge >= 0.3 is 5.97 Å². The molecule has 0 saturated heterocycles. The van der Waals surface area contributed by atoms with Crippen molar-refractivity contribution < 1.29 is 14.7 Å². The number of hydrogen-bond acceptors (Lipinski definition) is 3. The summed E-state index contributed by atoms with van der Waals surface area (Å²) in [6, 6.07) is -0.733. The highest BCUT2D eigenvalue weighted by Crippen LogP contribution is 2.10. The third-order valence-electron chi connectivity index (χ3n) is 1.80. The Labute approximate surface area is 90.0 Å². The van der Waals surface area contributed by atoms with Crippen molar-refractivity contribution in [1.82, 2.24) is 5.32 Å². The summed E-state index contributed by atoms with van der Waals surface area (Å²) in [5, 5.41) is 11.1. The Morgan fingerprint density at radius 1 is 1.40 bits per heavy atom. The molecule has 0 aliphatic carbocycles. The molecule has 0 heterocycles. The van der Waals surface area contributed by atoms with Gasteiger partial charge in [0, 0.05) is 13.0 Å². The lowest BCUT2D eigenvalue weighted by Crippen LogP contribution is -2.43. The summed E-state index contributed by atoms with van der Waals surface area (Å²) < 4.78 is 0. The molecule has 0 radical (unpaired) electrons. The molecule has 5 nitrogen and oxygen atoms in total. The summed E-state index contributed by atoms with van der Waals surface area (Å²) >= 11 is 0. The Hall–Kier alpha value is -1.10. The van der Waals surface area contributed by atoms with Gasteiger partial charge < -0.3 is 16.2 Å². The molecule has 1 amide bonds. The summed E-state index contributed by atoms with van der Waals surface area (Å²) in [5.41, 5.74) is 5.52. The van der Waals surface area contributed by atoms with Crippen LogP contribution in [0.5, 0.6) is 0 Å². The van der Waals surface area contributed by atoms with Gasteiger partial charge in [0.25, 0.3) is 0 Å². The maximum Gasteiger partial charge on any atom is 0.303 e. The second kappa shape index (κ2) is 5.70. The maximum atomic E-state index is 11.4. The molecule has 0 bridgehead atoms. The molecule has 0 rings (SSSR count). The summed E-state index contributed by atoms with van der Waals surface area (Å²) in [5.74, 6) is -1.22. The Morgan fingerprint density at radius 2 is 1.93 bits per heavy atom. The second-order valence-corrected chi connectivity index (χ2v) is 4.82. The van der Waals surface area contributed by atoms with Crippen LogP contribution in [0.2, 0.25) is 0 Å². The van der Waals surface area contributed by atoms with Crippen LogP contribution >= 0.6 is 0 Å². The number of amides is 1. The minimum Gasteiger partial charge on any atom is -0.481 e. The summed E-state index contributed by atoms with van der Waals surface area (Å²) in [6.45, 7) is 6.52. The van der Waals surface area contributed by atoms with Crippen LogP contribution in [0.3, 0.4) is 0 Å². The number of carboxylic acid groups (broad SMARTS) is 1. The zero-order valence-corrected chi connectivity index (χ0v) is 9.54. The Balaban J connectivity index is 3.84. The van der Waals surface area contributed by atoms with Crippen molar-refractivity contribution in [2.24, 2.45) is 11.1 Å². The number of carbonyl (C=O) groups is 2. The van der Waals surface area contributed by atoms with E-state index in [0.717, 1.165) is 0 Å². The van der Waals surface area contributed by atoms with Gasteiger partial charge in [0.05, 0.1) is 6.04 Å². The lowest BCUT2D eigenvalue weighted by molar-refractivity contribution is -0.137. The summed E-state index contributed by atoms with van der Waals surface area (Å²) in [4.78, 5) is 21.6. The van der Waals surface area contributed by atoms with Gasteiger partial charge in [-0.25, -0.2) is 0 Å². The summed E-state index contributed by atoms with van der Waals surface area (Å²) in [6.07, 6.45) is 0.0927. The van der Waals surface area contributed by atoms with Crippen LogP contribution in [0, 0.1) is 5.41 Å². The largest absolute Gasteiger partial charge is 0.481 e. The first-order chi connectivity index (χ1) is 6.72. The third-order valence-corrected chi connectivity index (χ3v) is 1.80. The molecule has 0 spiro atoms. The van der Waals surface area contributed by atoms with Crippen molar-refractivity contribution in [2.45, 2.75) is 39.7 Å². The fourth-order valence-electron chi connectivity index (χ4n) is 0.893. The van der Waals surface area contributed by atoms with Crippen LogP contribution in [0.15, 0.2) is 0 Å². The minimum absolute atomic E-state index is 0.00216. The van der Waals surface area contributed by atoms with E-state index >= 15 is 0 Å². The molecule has 0 saturated carbocycles. The highest BCUT2D eigenvalue weighted by Gasteiger charge is 2.17. The molecule has 0 aromatic rings. The smallest absolute Gasteiger partial charge is 0.303 e. The van der Waals surface area contributed by atoms with E-state index in [1.54, 1.807) is 0 Å². The van der Waals surface area contributed by atoms with Gasteiger partial charge in [0.2, 0.25) is 5.91 Å². The zero-order valence-electron chi connectivity index (χ0n) is 9.54. The molecule has 5 heteroatoms. The third kappa shape index (κ3) is 7.93. The maximum absolute atomic E-state index is 11.4. The molecule has 0 fully saturated rings. The SMILES string of the molecule is CC(C)(C)CNC(=O)C(N)CCC(=O)O. The highest BCUT2D eigenvalue weighted by molar-refractivity contribution is 5.82. The van der Waals surface area contributed by atoms with Gasteiger partial charge in [-0.2, -0.15) is 0 Å². The van der Waals surface area contributed by atoms with Gasteiger partial charge in [0.1, 0.15) is 0 Å². The number of carboxylic acids is 1. The van der Waals surface area contributed by atoms with Crippen molar-refractivity contribution in [3.63, 3.8) is 0 Å². The molecule has 4 N–H and O–H groups in total.